The third kappa shape index (κ3) is 6.19. The van der Waals surface area contributed by atoms with Gasteiger partial charge in [-0.1, -0.05) is 30.3 Å². The van der Waals surface area contributed by atoms with Crippen LogP contribution < -0.4 is 15.2 Å². The van der Waals surface area contributed by atoms with Crippen molar-refractivity contribution in [3.05, 3.63) is 35.9 Å². The summed E-state index contributed by atoms with van der Waals surface area (Å²) in [7, 11) is 1.56. The third-order valence-corrected chi connectivity index (χ3v) is 4.46. The van der Waals surface area contributed by atoms with Crippen LogP contribution in [0.25, 0.3) is 11.2 Å². The highest BCUT2D eigenvalue weighted by atomic mass is 35.5. The summed E-state index contributed by atoms with van der Waals surface area (Å²) in [5, 5.41) is 0. The van der Waals surface area contributed by atoms with Crippen molar-refractivity contribution in [2.75, 3.05) is 38.5 Å². The number of aromatic nitrogens is 4. The first-order valence-electron chi connectivity index (χ1n) is 9.72. The molecule has 0 spiro atoms. The monoisotopic (exact) mass is 449 g/mol. The molecule has 0 saturated carbocycles. The molecule has 0 aliphatic rings. The number of carbonyl (C=O) groups is 1. The van der Waals surface area contributed by atoms with Gasteiger partial charge in [0.25, 0.3) is 0 Å². The Bertz CT molecular complexity index is 999. The largest absolute Gasteiger partial charge is 0.516 e. The number of ether oxygens (including phenoxy) is 4. The van der Waals surface area contributed by atoms with Crippen LogP contribution in [0.2, 0.25) is 0 Å². The number of alkyl halides is 1. The van der Waals surface area contributed by atoms with Crippen LogP contribution in [-0.4, -0.2) is 58.5 Å². The topological polar surface area (TPSA) is 124 Å². The first kappa shape index (κ1) is 22.6. The molecule has 0 bridgehead atoms. The van der Waals surface area contributed by atoms with Gasteiger partial charge in [0.2, 0.25) is 0 Å². The van der Waals surface area contributed by atoms with Gasteiger partial charge in [-0.25, -0.2) is 4.79 Å². The van der Waals surface area contributed by atoms with E-state index in [1.54, 1.807) is 11.7 Å². The van der Waals surface area contributed by atoms with Gasteiger partial charge >= 0.3 is 18.2 Å². The summed E-state index contributed by atoms with van der Waals surface area (Å²) in [6.07, 6.45) is 0.501. The summed E-state index contributed by atoms with van der Waals surface area (Å²) in [6, 6.07) is 9.66. The molecule has 0 aliphatic heterocycles. The number of anilines is 1. The summed E-state index contributed by atoms with van der Waals surface area (Å²) < 4.78 is 22.5. The lowest BCUT2D eigenvalue weighted by Crippen LogP contribution is -2.15. The van der Waals surface area contributed by atoms with Crippen LogP contribution >= 0.6 is 11.6 Å². The van der Waals surface area contributed by atoms with Crippen LogP contribution in [-0.2, 0) is 16.0 Å². The maximum Gasteiger partial charge on any atom is 0.516 e. The van der Waals surface area contributed by atoms with E-state index in [4.69, 9.17) is 36.3 Å². The molecule has 2 aromatic heterocycles. The molecular formula is C20H24ClN5O5. The SMILES string of the molecule is COCCOc1nc(N)c2nc(OC(=O)OCCCCCl)n(Cc3ccccc3)c2n1. The lowest BCUT2D eigenvalue weighted by molar-refractivity contribution is 0.0935. The van der Waals surface area contributed by atoms with E-state index in [-0.39, 0.29) is 31.1 Å². The fraction of sp³-hybridized carbons (Fsp3) is 0.400. The summed E-state index contributed by atoms with van der Waals surface area (Å²) in [5.74, 6) is 0.599. The Morgan fingerprint density at radius 1 is 1.10 bits per heavy atom. The molecule has 1 aromatic carbocycles. The molecule has 0 aliphatic carbocycles. The van der Waals surface area contributed by atoms with Crippen LogP contribution in [0.5, 0.6) is 12.0 Å². The number of hydrogen-bond donors (Lipinski definition) is 1. The van der Waals surface area contributed by atoms with Gasteiger partial charge in [-0.15, -0.1) is 11.6 Å². The molecule has 31 heavy (non-hydrogen) atoms. The van der Waals surface area contributed by atoms with E-state index in [1.165, 1.54) is 0 Å². The van der Waals surface area contributed by atoms with E-state index >= 15 is 0 Å². The minimum Gasteiger partial charge on any atom is -0.461 e. The Morgan fingerprint density at radius 2 is 1.90 bits per heavy atom. The van der Waals surface area contributed by atoms with Gasteiger partial charge in [0.15, 0.2) is 17.0 Å². The van der Waals surface area contributed by atoms with Crippen LogP contribution in [0, 0.1) is 0 Å². The lowest BCUT2D eigenvalue weighted by atomic mass is 10.2. The average molecular weight is 450 g/mol. The molecule has 2 N–H and O–H groups in total. The number of rotatable bonds is 11. The van der Waals surface area contributed by atoms with E-state index in [1.807, 2.05) is 30.3 Å². The van der Waals surface area contributed by atoms with Gasteiger partial charge in [0.05, 0.1) is 19.8 Å². The lowest BCUT2D eigenvalue weighted by Gasteiger charge is -2.10. The van der Waals surface area contributed by atoms with E-state index in [2.05, 4.69) is 15.0 Å². The average Bonchev–Trinajstić information content (AvgIpc) is 3.10. The molecule has 0 fully saturated rings. The predicted molar refractivity (Wildman–Crippen MR) is 115 cm³/mol. The molecule has 0 radical (unpaired) electrons. The number of imidazole rings is 1. The molecule has 0 atom stereocenters. The number of unbranched alkanes of at least 4 members (excludes halogenated alkanes) is 1. The maximum atomic E-state index is 12.1. The highest BCUT2D eigenvalue weighted by Gasteiger charge is 2.21. The van der Waals surface area contributed by atoms with Crippen molar-refractivity contribution in [1.29, 1.82) is 0 Å². The zero-order valence-corrected chi connectivity index (χ0v) is 17.9. The number of fused-ring (bicyclic) bond motifs is 1. The zero-order chi connectivity index (χ0) is 22.1. The molecule has 0 unspecified atom stereocenters. The Hall–Kier alpha value is -3.11. The zero-order valence-electron chi connectivity index (χ0n) is 17.1. The number of hydrogen-bond acceptors (Lipinski definition) is 9. The minimum atomic E-state index is -0.873. The van der Waals surface area contributed by atoms with E-state index in [9.17, 15) is 4.79 Å². The fourth-order valence-corrected chi connectivity index (χ4v) is 2.89. The smallest absolute Gasteiger partial charge is 0.461 e. The van der Waals surface area contributed by atoms with Crippen molar-refractivity contribution in [1.82, 2.24) is 19.5 Å². The number of benzene rings is 1. The second-order valence-electron chi connectivity index (χ2n) is 6.47. The summed E-state index contributed by atoms with van der Waals surface area (Å²) >= 11 is 5.63. The van der Waals surface area contributed by atoms with Crippen molar-refractivity contribution in [2.24, 2.45) is 0 Å². The van der Waals surface area contributed by atoms with Gasteiger partial charge in [-0.05, 0) is 18.4 Å². The number of carbonyl (C=O) groups excluding carboxylic acids is 1. The predicted octanol–water partition coefficient (Wildman–Crippen LogP) is 3.02. The quantitative estimate of drug-likeness (QED) is 0.267. The van der Waals surface area contributed by atoms with Crippen LogP contribution in [0.1, 0.15) is 18.4 Å². The van der Waals surface area contributed by atoms with Crippen molar-refractivity contribution < 1.29 is 23.7 Å². The number of methoxy groups -OCH3 is 1. The van der Waals surface area contributed by atoms with Crippen LogP contribution in [0.4, 0.5) is 10.6 Å². The normalized spacial score (nSPS) is 10.9. The summed E-state index contributed by atoms with van der Waals surface area (Å²) in [6.45, 7) is 1.16. The molecule has 2 heterocycles. The number of halogens is 1. The molecule has 10 nitrogen and oxygen atoms in total. The Morgan fingerprint density at radius 3 is 2.65 bits per heavy atom. The Labute approximate surface area is 184 Å². The van der Waals surface area contributed by atoms with E-state index in [0.29, 0.717) is 36.6 Å². The number of nitrogen functional groups attached to an aromatic ring is 1. The van der Waals surface area contributed by atoms with Crippen molar-refractivity contribution in [3.63, 3.8) is 0 Å². The van der Waals surface area contributed by atoms with Crippen molar-refractivity contribution in [2.45, 2.75) is 19.4 Å². The first-order chi connectivity index (χ1) is 15.1. The van der Waals surface area contributed by atoms with Gasteiger partial charge in [0.1, 0.15) is 6.61 Å². The Balaban J connectivity index is 1.90. The highest BCUT2D eigenvalue weighted by molar-refractivity contribution is 6.17. The highest BCUT2D eigenvalue weighted by Crippen LogP contribution is 2.27. The molecule has 3 rings (SSSR count). The van der Waals surface area contributed by atoms with Gasteiger partial charge < -0.3 is 24.7 Å². The van der Waals surface area contributed by atoms with Crippen LogP contribution in [0.3, 0.4) is 0 Å². The third-order valence-electron chi connectivity index (χ3n) is 4.19. The van der Waals surface area contributed by atoms with Gasteiger partial charge in [-0.2, -0.15) is 15.0 Å². The number of nitrogens with zero attached hydrogens (tertiary/aromatic N) is 4. The van der Waals surface area contributed by atoms with Crippen molar-refractivity contribution in [3.8, 4) is 12.0 Å². The first-order valence-corrected chi connectivity index (χ1v) is 10.3. The molecule has 0 amide bonds. The number of nitrogens with two attached hydrogens (primary N) is 1. The minimum absolute atomic E-state index is 0.00348. The Kier molecular flexibility index (Phi) is 8.25. The molecule has 166 valence electrons. The maximum absolute atomic E-state index is 12.1. The van der Waals surface area contributed by atoms with Gasteiger partial charge in [-0.3, -0.25) is 4.57 Å². The molecule has 11 heteroatoms. The standard InChI is InChI=1S/C20H24ClN5O5/c1-28-11-12-29-18-24-16(22)15-17(25-18)26(13-14-7-3-2-4-8-14)19(23-15)31-20(27)30-10-6-5-9-21/h2-4,7-8H,5-6,9-13H2,1H3,(H2,22,24,25). The molecular weight excluding hydrogens is 426 g/mol. The summed E-state index contributed by atoms with van der Waals surface area (Å²) in [4.78, 5) is 25.0. The van der Waals surface area contributed by atoms with Gasteiger partial charge in [0, 0.05) is 13.0 Å². The van der Waals surface area contributed by atoms with Crippen molar-refractivity contribution >= 4 is 34.7 Å². The second kappa shape index (κ2) is 11.3. The molecule has 0 saturated heterocycles. The fourth-order valence-electron chi connectivity index (χ4n) is 2.70. The second-order valence-corrected chi connectivity index (χ2v) is 6.85. The van der Waals surface area contributed by atoms with E-state index < -0.39 is 6.16 Å². The summed E-state index contributed by atoms with van der Waals surface area (Å²) in [5.41, 5.74) is 7.67. The molecule has 3 aromatic rings. The van der Waals surface area contributed by atoms with Crippen LogP contribution in [0.15, 0.2) is 30.3 Å². The van der Waals surface area contributed by atoms with E-state index in [0.717, 1.165) is 12.0 Å².